The molecule has 3 aliphatic rings. The number of rotatable bonds is 5. The van der Waals surface area contributed by atoms with Crippen molar-refractivity contribution in [3.63, 3.8) is 0 Å². The second-order valence-electron chi connectivity index (χ2n) is 7.49. The molecule has 1 aromatic carbocycles. The van der Waals surface area contributed by atoms with Gasteiger partial charge in [-0.3, -0.25) is 4.79 Å². The SMILES string of the molecule is COc1cc2c(cc1OC)C1(CCN(C(=O)CNC3CC3)CC1)OCC2.Cl. The molecule has 0 unspecified atom stereocenters. The summed E-state index contributed by atoms with van der Waals surface area (Å²) < 4.78 is 17.2. The molecule has 1 aliphatic carbocycles. The van der Waals surface area contributed by atoms with Gasteiger partial charge >= 0.3 is 0 Å². The Hall–Kier alpha value is -1.50. The Balaban J connectivity index is 0.00000210. The van der Waals surface area contributed by atoms with Crippen LogP contribution in [0.25, 0.3) is 0 Å². The Bertz CT molecular complexity index is 685. The molecule has 4 rings (SSSR count). The number of hydrogen-bond donors (Lipinski definition) is 1. The average Bonchev–Trinajstić information content (AvgIpc) is 3.50. The molecule has 1 saturated heterocycles. The van der Waals surface area contributed by atoms with E-state index in [0.717, 1.165) is 43.9 Å². The Morgan fingerprint density at radius 2 is 1.89 bits per heavy atom. The quantitative estimate of drug-likeness (QED) is 0.827. The third-order valence-corrected chi connectivity index (χ3v) is 5.89. The number of carbonyl (C=O) groups is 1. The van der Waals surface area contributed by atoms with Gasteiger partial charge in [-0.15, -0.1) is 12.4 Å². The number of halogens is 1. The number of benzene rings is 1. The normalized spacial score (nSPS) is 20.6. The average molecular weight is 397 g/mol. The molecule has 27 heavy (non-hydrogen) atoms. The van der Waals surface area contributed by atoms with Crippen LogP contribution < -0.4 is 14.8 Å². The van der Waals surface area contributed by atoms with Crippen molar-refractivity contribution in [2.75, 3.05) is 40.5 Å². The van der Waals surface area contributed by atoms with Gasteiger partial charge in [0.05, 0.1) is 33.0 Å². The lowest BCUT2D eigenvalue weighted by Crippen LogP contribution is -2.50. The van der Waals surface area contributed by atoms with Gasteiger partial charge in [0.1, 0.15) is 0 Å². The van der Waals surface area contributed by atoms with Crippen LogP contribution in [0.15, 0.2) is 12.1 Å². The number of hydrogen-bond acceptors (Lipinski definition) is 5. The molecular weight excluding hydrogens is 368 g/mol. The van der Waals surface area contributed by atoms with Crippen molar-refractivity contribution in [1.82, 2.24) is 10.2 Å². The molecule has 7 heteroatoms. The van der Waals surface area contributed by atoms with Crippen LogP contribution in [0.5, 0.6) is 11.5 Å². The molecule has 0 bridgehead atoms. The van der Waals surface area contributed by atoms with Crippen LogP contribution in [0.4, 0.5) is 0 Å². The molecule has 1 N–H and O–H groups in total. The topological polar surface area (TPSA) is 60.0 Å². The van der Waals surface area contributed by atoms with E-state index in [2.05, 4.69) is 17.4 Å². The number of methoxy groups -OCH3 is 2. The van der Waals surface area contributed by atoms with Crippen LogP contribution in [0, 0.1) is 0 Å². The van der Waals surface area contributed by atoms with Crippen molar-refractivity contribution in [3.8, 4) is 11.5 Å². The second kappa shape index (κ2) is 8.25. The van der Waals surface area contributed by atoms with Crippen molar-refractivity contribution in [2.24, 2.45) is 0 Å². The largest absolute Gasteiger partial charge is 0.493 e. The molecular formula is C20H29ClN2O4. The first-order valence-electron chi connectivity index (χ1n) is 9.56. The number of fused-ring (bicyclic) bond motifs is 2. The summed E-state index contributed by atoms with van der Waals surface area (Å²) in [6.07, 6.45) is 4.93. The number of nitrogens with zero attached hydrogens (tertiary/aromatic N) is 1. The third-order valence-electron chi connectivity index (χ3n) is 5.89. The molecule has 1 amide bonds. The van der Waals surface area contributed by atoms with E-state index < -0.39 is 0 Å². The van der Waals surface area contributed by atoms with Gasteiger partial charge in [0.25, 0.3) is 0 Å². The molecule has 6 nitrogen and oxygen atoms in total. The highest BCUT2D eigenvalue weighted by Crippen LogP contribution is 2.45. The lowest BCUT2D eigenvalue weighted by atomic mass is 9.79. The van der Waals surface area contributed by atoms with E-state index in [1.165, 1.54) is 24.0 Å². The Morgan fingerprint density at radius 3 is 2.52 bits per heavy atom. The van der Waals surface area contributed by atoms with Gasteiger partial charge in [-0.25, -0.2) is 0 Å². The molecule has 150 valence electrons. The van der Waals surface area contributed by atoms with E-state index >= 15 is 0 Å². The number of ether oxygens (including phenoxy) is 3. The van der Waals surface area contributed by atoms with Crippen LogP contribution in [-0.4, -0.2) is 57.3 Å². The summed E-state index contributed by atoms with van der Waals surface area (Å²) >= 11 is 0. The lowest BCUT2D eigenvalue weighted by Gasteiger charge is -2.45. The lowest BCUT2D eigenvalue weighted by molar-refractivity contribution is -0.139. The third kappa shape index (κ3) is 4.03. The molecule has 0 radical (unpaired) electrons. The molecule has 1 saturated carbocycles. The minimum absolute atomic E-state index is 0. The summed E-state index contributed by atoms with van der Waals surface area (Å²) in [4.78, 5) is 14.4. The standard InChI is InChI=1S/C20H28N2O4.ClH/c1-24-17-11-14-5-10-26-20(16(14)12-18(17)25-2)6-8-22(9-7-20)19(23)13-21-15-3-4-15;/h11-12,15,21H,3-10,13H2,1-2H3;1H. The minimum atomic E-state index is -0.312. The van der Waals surface area contributed by atoms with Crippen molar-refractivity contribution >= 4 is 18.3 Å². The van der Waals surface area contributed by atoms with Crippen LogP contribution >= 0.6 is 12.4 Å². The van der Waals surface area contributed by atoms with Crippen molar-refractivity contribution in [2.45, 2.75) is 43.7 Å². The molecule has 0 atom stereocenters. The molecule has 1 spiro atoms. The Kier molecular flexibility index (Phi) is 6.18. The van der Waals surface area contributed by atoms with E-state index in [1.54, 1.807) is 14.2 Å². The zero-order valence-electron chi connectivity index (χ0n) is 16.1. The summed E-state index contributed by atoms with van der Waals surface area (Å²) in [5.74, 6) is 1.71. The van der Waals surface area contributed by atoms with Crippen molar-refractivity contribution in [1.29, 1.82) is 0 Å². The van der Waals surface area contributed by atoms with Gasteiger partial charge in [0, 0.05) is 19.1 Å². The van der Waals surface area contributed by atoms with Gasteiger partial charge in [-0.2, -0.15) is 0 Å². The van der Waals surface area contributed by atoms with E-state index in [-0.39, 0.29) is 23.9 Å². The minimum Gasteiger partial charge on any atom is -0.493 e. The number of amides is 1. The van der Waals surface area contributed by atoms with Gasteiger partial charge < -0.3 is 24.4 Å². The highest BCUT2D eigenvalue weighted by atomic mass is 35.5. The smallest absolute Gasteiger partial charge is 0.236 e. The highest BCUT2D eigenvalue weighted by Gasteiger charge is 2.42. The van der Waals surface area contributed by atoms with Crippen LogP contribution in [-0.2, 0) is 21.6 Å². The first-order chi connectivity index (χ1) is 12.6. The zero-order chi connectivity index (χ0) is 18.1. The first kappa shape index (κ1) is 20.2. The number of nitrogens with one attached hydrogen (secondary N) is 1. The molecule has 2 aliphatic heterocycles. The number of likely N-dealkylation sites (tertiary alicyclic amines) is 1. The summed E-state index contributed by atoms with van der Waals surface area (Å²) in [7, 11) is 3.33. The van der Waals surface area contributed by atoms with E-state index in [1.807, 2.05) is 4.90 Å². The predicted octanol–water partition coefficient (Wildman–Crippen LogP) is 2.27. The highest BCUT2D eigenvalue weighted by molar-refractivity contribution is 5.85. The Morgan fingerprint density at radius 1 is 1.22 bits per heavy atom. The van der Waals surface area contributed by atoms with Crippen molar-refractivity contribution in [3.05, 3.63) is 23.3 Å². The van der Waals surface area contributed by atoms with Crippen LogP contribution in [0.1, 0.15) is 36.8 Å². The molecule has 2 fully saturated rings. The fourth-order valence-corrected chi connectivity index (χ4v) is 4.15. The van der Waals surface area contributed by atoms with E-state index in [9.17, 15) is 4.79 Å². The molecule has 1 aromatic rings. The Labute approximate surface area is 166 Å². The summed E-state index contributed by atoms with van der Waals surface area (Å²) in [5.41, 5.74) is 2.15. The number of carbonyl (C=O) groups excluding carboxylic acids is 1. The summed E-state index contributed by atoms with van der Waals surface area (Å²) in [6.45, 7) is 2.64. The van der Waals surface area contributed by atoms with Gasteiger partial charge in [-0.05, 0) is 55.4 Å². The maximum Gasteiger partial charge on any atom is 0.236 e. The fourth-order valence-electron chi connectivity index (χ4n) is 4.15. The monoisotopic (exact) mass is 396 g/mol. The van der Waals surface area contributed by atoms with Gasteiger partial charge in [0.2, 0.25) is 5.91 Å². The predicted molar refractivity (Wildman–Crippen MR) is 105 cm³/mol. The van der Waals surface area contributed by atoms with Crippen LogP contribution in [0.3, 0.4) is 0 Å². The summed E-state index contributed by atoms with van der Waals surface area (Å²) in [6, 6.07) is 4.71. The maximum atomic E-state index is 12.4. The maximum absolute atomic E-state index is 12.4. The van der Waals surface area contributed by atoms with Gasteiger partial charge in [-0.1, -0.05) is 0 Å². The second-order valence-corrected chi connectivity index (χ2v) is 7.49. The van der Waals surface area contributed by atoms with Crippen LogP contribution in [0.2, 0.25) is 0 Å². The molecule has 0 aromatic heterocycles. The first-order valence-corrected chi connectivity index (χ1v) is 9.56. The van der Waals surface area contributed by atoms with E-state index in [4.69, 9.17) is 14.2 Å². The van der Waals surface area contributed by atoms with Crippen molar-refractivity contribution < 1.29 is 19.0 Å². The van der Waals surface area contributed by atoms with Gasteiger partial charge in [0.15, 0.2) is 11.5 Å². The van der Waals surface area contributed by atoms with E-state index in [0.29, 0.717) is 19.2 Å². The summed E-state index contributed by atoms with van der Waals surface area (Å²) in [5, 5.41) is 3.32. The zero-order valence-corrected chi connectivity index (χ0v) is 16.9. The fraction of sp³-hybridized carbons (Fsp3) is 0.650. The molecule has 2 heterocycles. The number of piperidine rings is 1.